The molecule has 0 aliphatic carbocycles. The smallest absolute Gasteiger partial charge is 0.412 e. The molecule has 248 valence electrons. The molecule has 2 aliphatic heterocycles. The Morgan fingerprint density at radius 2 is 1.49 bits per heavy atom. The summed E-state index contributed by atoms with van der Waals surface area (Å²) in [6.45, 7) is 15.1. The Hall–Kier alpha value is -3.14. The van der Waals surface area contributed by atoms with Gasteiger partial charge in [0.2, 0.25) is 0 Å². The highest BCUT2D eigenvalue weighted by molar-refractivity contribution is 5.91. The summed E-state index contributed by atoms with van der Waals surface area (Å²) in [4.78, 5) is 29.7. The van der Waals surface area contributed by atoms with Crippen LogP contribution >= 0.6 is 0 Å². The number of amides is 2. The first-order chi connectivity index (χ1) is 21.6. The van der Waals surface area contributed by atoms with E-state index in [0.29, 0.717) is 0 Å². The molecule has 2 aromatic carbocycles. The van der Waals surface area contributed by atoms with Crippen molar-refractivity contribution in [2.24, 2.45) is 0 Å². The third-order valence-corrected chi connectivity index (χ3v) is 8.52. The van der Waals surface area contributed by atoms with E-state index >= 15 is 0 Å². The number of ether oxygens (including phenoxy) is 3. The molecule has 2 saturated heterocycles. The van der Waals surface area contributed by atoms with Crippen molar-refractivity contribution in [1.82, 2.24) is 15.1 Å². The van der Waals surface area contributed by atoms with E-state index < -0.39 is 17.3 Å². The lowest BCUT2D eigenvalue weighted by Gasteiger charge is -2.38. The maximum atomic E-state index is 12.9. The maximum Gasteiger partial charge on any atom is 0.412 e. The van der Waals surface area contributed by atoms with Crippen molar-refractivity contribution in [3.8, 4) is 11.1 Å². The minimum Gasteiger partial charge on any atom is -0.444 e. The quantitative estimate of drug-likeness (QED) is 0.221. The second-order valence-electron chi connectivity index (χ2n) is 13.7. The molecule has 2 heterocycles. The Kier molecular flexibility index (Phi) is 13.1. The van der Waals surface area contributed by atoms with Gasteiger partial charge in [0.15, 0.2) is 0 Å². The van der Waals surface area contributed by atoms with Crippen LogP contribution in [0.3, 0.4) is 0 Å². The Bertz CT molecular complexity index is 1190. The summed E-state index contributed by atoms with van der Waals surface area (Å²) in [5.74, 6) is 0. The Morgan fingerprint density at radius 1 is 0.844 bits per heavy atom. The van der Waals surface area contributed by atoms with E-state index in [4.69, 9.17) is 14.2 Å². The zero-order valence-corrected chi connectivity index (χ0v) is 27.8. The molecule has 1 atom stereocenters. The van der Waals surface area contributed by atoms with Crippen molar-refractivity contribution < 1.29 is 23.8 Å². The number of alkyl carbamates (subject to hydrolysis) is 1. The molecule has 0 unspecified atom stereocenters. The molecule has 2 fully saturated rings. The topological polar surface area (TPSA) is 92.4 Å². The first-order valence-electron chi connectivity index (χ1n) is 16.7. The third-order valence-electron chi connectivity index (χ3n) is 8.52. The van der Waals surface area contributed by atoms with Crippen molar-refractivity contribution in [2.75, 3.05) is 57.8 Å². The normalized spacial score (nSPS) is 18.8. The summed E-state index contributed by atoms with van der Waals surface area (Å²) in [5.41, 5.74) is 1.86. The zero-order chi connectivity index (χ0) is 32.1. The van der Waals surface area contributed by atoms with Gasteiger partial charge in [0.25, 0.3) is 0 Å². The molecule has 45 heavy (non-hydrogen) atoms. The minimum atomic E-state index is -0.466. The Balaban J connectivity index is 1.01. The van der Waals surface area contributed by atoms with Gasteiger partial charge in [0.05, 0.1) is 5.69 Å². The molecule has 2 amide bonds. The lowest BCUT2D eigenvalue weighted by atomic mass is 9.93. The van der Waals surface area contributed by atoms with Crippen LogP contribution in [0.25, 0.3) is 11.1 Å². The van der Waals surface area contributed by atoms with Gasteiger partial charge in [0, 0.05) is 51.0 Å². The molecule has 0 spiro atoms. The average Bonchev–Trinajstić information content (AvgIpc) is 3.43. The number of nitrogens with one attached hydrogen (secondary N) is 2. The number of hydrogen-bond acceptors (Lipinski definition) is 7. The van der Waals surface area contributed by atoms with Crippen LogP contribution in [-0.4, -0.2) is 91.7 Å². The zero-order valence-electron chi connectivity index (χ0n) is 27.8. The number of anilines is 1. The van der Waals surface area contributed by atoms with Crippen LogP contribution in [0.4, 0.5) is 15.3 Å². The van der Waals surface area contributed by atoms with E-state index in [2.05, 4.69) is 20.4 Å². The van der Waals surface area contributed by atoms with Crippen molar-refractivity contribution in [3.63, 3.8) is 0 Å². The monoisotopic (exact) mass is 622 g/mol. The molecule has 4 rings (SSSR count). The second-order valence-corrected chi connectivity index (χ2v) is 13.7. The molecule has 0 bridgehead atoms. The van der Waals surface area contributed by atoms with Crippen LogP contribution < -0.4 is 10.6 Å². The highest BCUT2D eigenvalue weighted by atomic mass is 16.6. The summed E-state index contributed by atoms with van der Waals surface area (Å²) in [6, 6.07) is 18.0. The van der Waals surface area contributed by atoms with Gasteiger partial charge in [-0.05, 0) is 97.4 Å². The summed E-state index contributed by atoms with van der Waals surface area (Å²) < 4.78 is 17.2. The molecular formula is C36H54N4O5. The van der Waals surface area contributed by atoms with Gasteiger partial charge in [0.1, 0.15) is 11.2 Å². The number of para-hydroxylation sites is 1. The van der Waals surface area contributed by atoms with Crippen LogP contribution in [0.2, 0.25) is 0 Å². The number of benzene rings is 2. The van der Waals surface area contributed by atoms with E-state index in [9.17, 15) is 9.59 Å². The fourth-order valence-electron chi connectivity index (χ4n) is 5.98. The highest BCUT2D eigenvalue weighted by Crippen LogP contribution is 2.30. The van der Waals surface area contributed by atoms with Gasteiger partial charge in [-0.1, -0.05) is 48.5 Å². The summed E-state index contributed by atoms with van der Waals surface area (Å²) in [7, 11) is 0. The number of likely N-dealkylation sites (tertiary alicyclic amines) is 2. The average molecular weight is 623 g/mol. The number of carbonyl (C=O) groups is 2. The van der Waals surface area contributed by atoms with Crippen LogP contribution in [0.15, 0.2) is 54.6 Å². The van der Waals surface area contributed by atoms with Crippen molar-refractivity contribution >= 4 is 17.9 Å². The summed E-state index contributed by atoms with van der Waals surface area (Å²) >= 11 is 0. The van der Waals surface area contributed by atoms with Gasteiger partial charge in [-0.15, -0.1) is 0 Å². The van der Waals surface area contributed by atoms with Crippen molar-refractivity contribution in [1.29, 1.82) is 0 Å². The van der Waals surface area contributed by atoms with Gasteiger partial charge < -0.3 is 29.3 Å². The molecule has 2 N–H and O–H groups in total. The van der Waals surface area contributed by atoms with Crippen molar-refractivity contribution in [2.45, 2.75) is 89.9 Å². The molecule has 0 aromatic heterocycles. The standard InChI is InChI=1S/C36H54N4O5/c1-35(2,3)44-33(41)37-30-18-23-40(28-30)22-11-13-27-43-26-12-10-21-39-24-19-36(4,20-25-39)45-34(42)38-32-17-9-8-16-31(32)29-14-6-5-7-15-29/h5-9,14-17,30H,10-13,18-28H2,1-4H3,(H,37,41)(H,38,42)/t30-/m0/s1. The molecule has 0 saturated carbocycles. The third kappa shape index (κ3) is 12.3. The lowest BCUT2D eigenvalue weighted by Crippen LogP contribution is -2.46. The second kappa shape index (κ2) is 17.0. The van der Waals surface area contributed by atoms with E-state index in [1.54, 1.807) is 0 Å². The fraction of sp³-hybridized carbons (Fsp3) is 0.611. The van der Waals surface area contributed by atoms with Crippen LogP contribution in [0.1, 0.15) is 72.6 Å². The molecule has 2 aliphatic rings. The van der Waals surface area contributed by atoms with Gasteiger partial charge in [-0.2, -0.15) is 0 Å². The molecule has 0 radical (unpaired) electrons. The maximum absolute atomic E-state index is 12.9. The SMILES string of the molecule is CC(C)(C)OC(=O)N[C@H]1CCN(CCCCOCCCCN2CCC(C)(OC(=O)Nc3ccccc3-c3ccccc3)CC2)C1. The van der Waals surface area contributed by atoms with E-state index in [0.717, 1.165) is 114 Å². The van der Waals surface area contributed by atoms with Crippen molar-refractivity contribution in [3.05, 3.63) is 54.6 Å². The van der Waals surface area contributed by atoms with Gasteiger partial charge in [-0.25, -0.2) is 9.59 Å². The number of carbonyl (C=O) groups excluding carboxylic acids is 2. The number of piperidine rings is 1. The fourth-order valence-corrected chi connectivity index (χ4v) is 5.98. The Morgan fingerprint density at radius 3 is 2.18 bits per heavy atom. The van der Waals surface area contributed by atoms with E-state index in [1.165, 1.54) is 0 Å². The van der Waals surface area contributed by atoms with Crippen LogP contribution in [0, 0.1) is 0 Å². The first-order valence-corrected chi connectivity index (χ1v) is 16.7. The van der Waals surface area contributed by atoms with Crippen LogP contribution in [-0.2, 0) is 14.2 Å². The molecular weight excluding hydrogens is 568 g/mol. The van der Waals surface area contributed by atoms with E-state index in [-0.39, 0.29) is 12.1 Å². The Labute approximate surface area is 270 Å². The molecule has 2 aromatic rings. The summed E-state index contributed by atoms with van der Waals surface area (Å²) in [6.07, 6.45) is 6.22. The highest BCUT2D eigenvalue weighted by Gasteiger charge is 2.33. The summed E-state index contributed by atoms with van der Waals surface area (Å²) in [5, 5.41) is 5.97. The van der Waals surface area contributed by atoms with E-state index in [1.807, 2.05) is 82.3 Å². The predicted octanol–water partition coefficient (Wildman–Crippen LogP) is 6.93. The van der Waals surface area contributed by atoms with Gasteiger partial charge in [-0.3, -0.25) is 5.32 Å². The number of rotatable bonds is 14. The van der Waals surface area contributed by atoms with Crippen LogP contribution in [0.5, 0.6) is 0 Å². The molecule has 9 heteroatoms. The molecule has 9 nitrogen and oxygen atoms in total. The number of nitrogens with zero attached hydrogens (tertiary/aromatic N) is 2. The predicted molar refractivity (Wildman–Crippen MR) is 180 cm³/mol. The number of hydrogen-bond donors (Lipinski definition) is 2. The largest absolute Gasteiger partial charge is 0.444 e. The number of unbranched alkanes of at least 4 members (excludes halogenated alkanes) is 2. The van der Waals surface area contributed by atoms with Gasteiger partial charge >= 0.3 is 12.2 Å². The lowest BCUT2D eigenvalue weighted by molar-refractivity contribution is -0.0166. The first kappa shape index (κ1) is 34.7. The minimum absolute atomic E-state index is 0.171.